The van der Waals surface area contributed by atoms with E-state index in [0.717, 1.165) is 13.0 Å². The summed E-state index contributed by atoms with van der Waals surface area (Å²) < 4.78 is 0. The Morgan fingerprint density at radius 2 is 2.11 bits per heavy atom. The lowest BCUT2D eigenvalue weighted by atomic mass is 9.80. The van der Waals surface area contributed by atoms with Crippen molar-refractivity contribution in [3.8, 4) is 0 Å². The van der Waals surface area contributed by atoms with Crippen molar-refractivity contribution in [1.82, 2.24) is 4.90 Å². The van der Waals surface area contributed by atoms with Crippen LogP contribution < -0.4 is 0 Å². The number of halogens is 1. The van der Waals surface area contributed by atoms with Crippen LogP contribution in [0.3, 0.4) is 0 Å². The fraction of sp³-hybridized carbons (Fsp3) is 0.600. The summed E-state index contributed by atoms with van der Waals surface area (Å²) in [4.78, 5) is 2.28. The summed E-state index contributed by atoms with van der Waals surface area (Å²) in [7, 11) is 4.29. The second-order valence-corrected chi connectivity index (χ2v) is 5.45. The molecule has 18 heavy (non-hydrogen) atoms. The fourth-order valence-electron chi connectivity index (χ4n) is 2.96. The molecule has 0 radical (unpaired) electrons. The number of aliphatic hydroxyl groups excluding tert-OH is 1. The van der Waals surface area contributed by atoms with E-state index >= 15 is 0 Å². The van der Waals surface area contributed by atoms with E-state index in [0.29, 0.717) is 11.7 Å². The summed E-state index contributed by atoms with van der Waals surface area (Å²) in [6.45, 7) is 1.14. The maximum absolute atomic E-state index is 9.64. The standard InChI is InChI=1S/C15H23NO.ClH/c1-16(2)11-13-6-3-4-9-15(13)12-7-5-8-14(17)10-12;/h5,7-8,13,17H,3-4,6,9-11H2,1-2H3;1H. The number of allylic oxidation sites excluding steroid dienone is 4. The molecule has 1 saturated carbocycles. The highest BCUT2D eigenvalue weighted by Crippen LogP contribution is 2.35. The Labute approximate surface area is 116 Å². The molecule has 0 bridgehead atoms. The Kier molecular flexibility index (Phi) is 5.97. The molecule has 2 aliphatic rings. The van der Waals surface area contributed by atoms with Gasteiger partial charge in [0.25, 0.3) is 0 Å². The third-order valence-electron chi connectivity index (χ3n) is 3.70. The monoisotopic (exact) mass is 269 g/mol. The lowest BCUT2D eigenvalue weighted by Crippen LogP contribution is -2.26. The van der Waals surface area contributed by atoms with Crippen LogP contribution in [-0.2, 0) is 0 Å². The van der Waals surface area contributed by atoms with Gasteiger partial charge >= 0.3 is 0 Å². The molecule has 2 nitrogen and oxygen atoms in total. The van der Waals surface area contributed by atoms with Gasteiger partial charge in [-0.3, -0.25) is 0 Å². The second-order valence-electron chi connectivity index (χ2n) is 5.45. The van der Waals surface area contributed by atoms with Crippen LogP contribution in [0.4, 0.5) is 0 Å². The lowest BCUT2D eigenvalue weighted by Gasteiger charge is -2.30. The smallest absolute Gasteiger partial charge is 0.0966 e. The zero-order valence-electron chi connectivity index (χ0n) is 11.4. The van der Waals surface area contributed by atoms with Crippen molar-refractivity contribution in [3.63, 3.8) is 0 Å². The number of hydrogen-bond donors (Lipinski definition) is 1. The topological polar surface area (TPSA) is 23.5 Å². The molecule has 0 aliphatic heterocycles. The Morgan fingerprint density at radius 1 is 1.33 bits per heavy atom. The molecule has 0 aromatic carbocycles. The zero-order valence-corrected chi connectivity index (χ0v) is 12.2. The molecule has 0 heterocycles. The van der Waals surface area contributed by atoms with Gasteiger partial charge in [0.2, 0.25) is 0 Å². The molecule has 2 rings (SSSR count). The highest BCUT2D eigenvalue weighted by molar-refractivity contribution is 5.85. The van der Waals surface area contributed by atoms with Crippen LogP contribution in [0, 0.1) is 5.92 Å². The first-order valence-electron chi connectivity index (χ1n) is 6.59. The van der Waals surface area contributed by atoms with Crippen molar-refractivity contribution in [1.29, 1.82) is 0 Å². The Morgan fingerprint density at radius 3 is 2.78 bits per heavy atom. The van der Waals surface area contributed by atoms with Gasteiger partial charge in [0, 0.05) is 13.0 Å². The molecule has 3 heteroatoms. The van der Waals surface area contributed by atoms with Gasteiger partial charge in [-0.25, -0.2) is 0 Å². The number of nitrogens with zero attached hydrogens (tertiary/aromatic N) is 1. The molecular formula is C15H24ClNO. The van der Waals surface area contributed by atoms with E-state index in [1.54, 1.807) is 11.6 Å². The third kappa shape index (κ3) is 3.89. The summed E-state index contributed by atoms with van der Waals surface area (Å²) in [5.41, 5.74) is 2.94. The first-order chi connectivity index (χ1) is 8.16. The molecule has 0 aromatic rings. The largest absolute Gasteiger partial charge is 0.512 e. The molecule has 0 saturated heterocycles. The molecule has 1 fully saturated rings. The van der Waals surface area contributed by atoms with Gasteiger partial charge < -0.3 is 10.0 Å². The summed E-state index contributed by atoms with van der Waals surface area (Å²) in [5, 5.41) is 9.64. The molecule has 0 spiro atoms. The van der Waals surface area contributed by atoms with Crippen LogP contribution in [0.2, 0.25) is 0 Å². The molecule has 0 amide bonds. The van der Waals surface area contributed by atoms with Crippen LogP contribution >= 0.6 is 12.4 Å². The van der Waals surface area contributed by atoms with Crippen molar-refractivity contribution in [3.05, 3.63) is 35.1 Å². The molecule has 1 atom stereocenters. The normalized spacial score (nSPS) is 27.9. The maximum atomic E-state index is 9.64. The van der Waals surface area contributed by atoms with E-state index < -0.39 is 0 Å². The maximum Gasteiger partial charge on any atom is 0.0966 e. The quantitative estimate of drug-likeness (QED) is 0.823. The summed E-state index contributed by atoms with van der Waals surface area (Å²) in [6, 6.07) is 0. The molecular weight excluding hydrogens is 246 g/mol. The van der Waals surface area contributed by atoms with Gasteiger partial charge in [-0.2, -0.15) is 0 Å². The van der Waals surface area contributed by atoms with Gasteiger partial charge in [-0.05, 0) is 50.9 Å². The highest BCUT2D eigenvalue weighted by atomic mass is 35.5. The number of rotatable bonds is 2. The van der Waals surface area contributed by atoms with Crippen molar-refractivity contribution in [2.24, 2.45) is 5.92 Å². The van der Waals surface area contributed by atoms with Crippen molar-refractivity contribution in [2.75, 3.05) is 20.6 Å². The Bertz CT molecular complexity index is 369. The third-order valence-corrected chi connectivity index (χ3v) is 3.70. The van der Waals surface area contributed by atoms with E-state index in [4.69, 9.17) is 0 Å². The fourth-order valence-corrected chi connectivity index (χ4v) is 2.96. The van der Waals surface area contributed by atoms with E-state index in [1.165, 1.54) is 31.3 Å². The SMILES string of the molecule is CN(C)CC1CCCCC1=C1C=CC=C(O)C1.Cl. The second kappa shape index (κ2) is 7.01. The van der Waals surface area contributed by atoms with Crippen molar-refractivity contribution >= 4 is 12.4 Å². The summed E-state index contributed by atoms with van der Waals surface area (Å²) in [6.07, 6.45) is 11.9. The van der Waals surface area contributed by atoms with Gasteiger partial charge in [-0.15, -0.1) is 12.4 Å². The van der Waals surface area contributed by atoms with E-state index in [9.17, 15) is 5.11 Å². The molecule has 2 aliphatic carbocycles. The van der Waals surface area contributed by atoms with Crippen LogP contribution in [-0.4, -0.2) is 30.6 Å². The van der Waals surface area contributed by atoms with Gasteiger partial charge in [0.15, 0.2) is 0 Å². The molecule has 102 valence electrons. The molecule has 1 N–H and O–H groups in total. The van der Waals surface area contributed by atoms with Crippen LogP contribution in [0.5, 0.6) is 0 Å². The zero-order chi connectivity index (χ0) is 12.3. The van der Waals surface area contributed by atoms with Crippen LogP contribution in [0.25, 0.3) is 0 Å². The summed E-state index contributed by atoms with van der Waals surface area (Å²) >= 11 is 0. The molecule has 1 unspecified atom stereocenters. The van der Waals surface area contributed by atoms with E-state index in [1.807, 2.05) is 6.08 Å². The first-order valence-corrected chi connectivity index (χ1v) is 6.59. The minimum Gasteiger partial charge on any atom is -0.512 e. The Balaban J connectivity index is 0.00000162. The predicted molar refractivity (Wildman–Crippen MR) is 79.3 cm³/mol. The average Bonchev–Trinajstić information content (AvgIpc) is 2.29. The van der Waals surface area contributed by atoms with E-state index in [2.05, 4.69) is 25.1 Å². The first kappa shape index (κ1) is 15.3. The van der Waals surface area contributed by atoms with Crippen LogP contribution in [0.1, 0.15) is 32.1 Å². The predicted octanol–water partition coefficient (Wildman–Crippen LogP) is 3.86. The van der Waals surface area contributed by atoms with Crippen molar-refractivity contribution < 1.29 is 5.11 Å². The van der Waals surface area contributed by atoms with Crippen molar-refractivity contribution in [2.45, 2.75) is 32.1 Å². The minimum atomic E-state index is 0. The molecule has 0 aromatic heterocycles. The average molecular weight is 270 g/mol. The van der Waals surface area contributed by atoms with E-state index in [-0.39, 0.29) is 12.4 Å². The van der Waals surface area contributed by atoms with Gasteiger partial charge in [0.1, 0.15) is 0 Å². The number of hydrogen-bond acceptors (Lipinski definition) is 2. The number of aliphatic hydroxyl groups is 1. The van der Waals surface area contributed by atoms with Gasteiger partial charge in [0.05, 0.1) is 5.76 Å². The highest BCUT2D eigenvalue weighted by Gasteiger charge is 2.22. The lowest BCUT2D eigenvalue weighted by molar-refractivity contribution is 0.311. The minimum absolute atomic E-state index is 0. The summed E-state index contributed by atoms with van der Waals surface area (Å²) in [5.74, 6) is 1.19. The van der Waals surface area contributed by atoms with Gasteiger partial charge in [-0.1, -0.05) is 24.1 Å². The Hall–Kier alpha value is -0.730. The van der Waals surface area contributed by atoms with Crippen LogP contribution in [0.15, 0.2) is 35.1 Å².